The Labute approximate surface area is 107 Å². The van der Waals surface area contributed by atoms with Crippen LogP contribution in [0.4, 0.5) is 0 Å². The minimum absolute atomic E-state index is 0.0116. The molecule has 0 aromatic carbocycles. The van der Waals surface area contributed by atoms with Crippen LogP contribution < -0.4 is 0 Å². The quantitative estimate of drug-likeness (QED) is 0.616. The number of rotatable bonds is 4. The average molecular weight is 255 g/mol. The summed E-state index contributed by atoms with van der Waals surface area (Å²) in [5.41, 5.74) is 0.254. The van der Waals surface area contributed by atoms with Crippen LogP contribution in [-0.4, -0.2) is 36.3 Å². The highest BCUT2D eigenvalue weighted by Crippen LogP contribution is 2.42. The maximum Gasteiger partial charge on any atom is 0.311 e. The molecule has 0 amide bonds. The topological polar surface area (TPSA) is 68.6 Å². The van der Waals surface area contributed by atoms with Gasteiger partial charge in [-0.25, -0.2) is 0 Å². The van der Waals surface area contributed by atoms with Crippen molar-refractivity contribution in [2.75, 3.05) is 6.61 Å². The van der Waals surface area contributed by atoms with Crippen molar-refractivity contribution in [3.63, 3.8) is 0 Å². The first kappa shape index (κ1) is 13.5. The van der Waals surface area contributed by atoms with E-state index in [2.05, 4.69) is 0 Å². The SMILES string of the molecule is CCOC(=O)CC(=N)[C@@H]1OC2(CCCC2)O[C@H]1C. The zero-order valence-corrected chi connectivity index (χ0v) is 11.0. The number of carbonyl (C=O) groups is 1. The van der Waals surface area contributed by atoms with Crippen molar-refractivity contribution < 1.29 is 19.0 Å². The van der Waals surface area contributed by atoms with Crippen LogP contribution in [0, 0.1) is 5.41 Å². The van der Waals surface area contributed by atoms with Gasteiger partial charge in [-0.2, -0.15) is 0 Å². The van der Waals surface area contributed by atoms with Crippen LogP contribution in [0.15, 0.2) is 0 Å². The smallest absolute Gasteiger partial charge is 0.311 e. The van der Waals surface area contributed by atoms with E-state index in [1.54, 1.807) is 6.92 Å². The number of ether oxygens (including phenoxy) is 3. The van der Waals surface area contributed by atoms with Gasteiger partial charge in [0.05, 0.1) is 24.8 Å². The van der Waals surface area contributed by atoms with E-state index in [1.165, 1.54) is 0 Å². The predicted octanol–water partition coefficient (Wildman–Crippen LogP) is 2.03. The molecule has 1 heterocycles. The van der Waals surface area contributed by atoms with E-state index >= 15 is 0 Å². The molecule has 2 fully saturated rings. The molecule has 2 aliphatic rings. The normalized spacial score (nSPS) is 29.7. The van der Waals surface area contributed by atoms with Gasteiger partial charge in [-0.1, -0.05) is 0 Å². The minimum Gasteiger partial charge on any atom is -0.466 e. The summed E-state index contributed by atoms with van der Waals surface area (Å²) >= 11 is 0. The zero-order valence-electron chi connectivity index (χ0n) is 11.0. The Kier molecular flexibility index (Phi) is 4.02. The molecule has 5 nitrogen and oxygen atoms in total. The van der Waals surface area contributed by atoms with Crippen molar-refractivity contribution >= 4 is 11.7 Å². The fraction of sp³-hybridized carbons (Fsp3) is 0.846. The summed E-state index contributed by atoms with van der Waals surface area (Å²) in [6.45, 7) is 4.00. The monoisotopic (exact) mass is 255 g/mol. The van der Waals surface area contributed by atoms with Crippen LogP contribution >= 0.6 is 0 Å². The van der Waals surface area contributed by atoms with E-state index in [0.717, 1.165) is 25.7 Å². The lowest BCUT2D eigenvalue weighted by Crippen LogP contribution is -2.32. The average Bonchev–Trinajstić information content (AvgIpc) is 2.87. The fourth-order valence-corrected chi connectivity index (χ4v) is 2.73. The van der Waals surface area contributed by atoms with E-state index in [4.69, 9.17) is 19.6 Å². The van der Waals surface area contributed by atoms with Gasteiger partial charge in [0.25, 0.3) is 0 Å². The second kappa shape index (κ2) is 5.36. The molecule has 18 heavy (non-hydrogen) atoms. The summed E-state index contributed by atoms with van der Waals surface area (Å²) in [5.74, 6) is -0.865. The number of carbonyl (C=O) groups excluding carboxylic acids is 1. The lowest BCUT2D eigenvalue weighted by molar-refractivity contribution is -0.163. The first-order chi connectivity index (χ1) is 8.56. The standard InChI is InChI=1S/C13H21NO4/c1-3-16-11(15)8-10(14)12-9(2)17-13(18-12)6-4-5-7-13/h9,12,14H,3-8H2,1-2H3/t9-,12+/m0/s1. The Morgan fingerprint density at radius 1 is 1.39 bits per heavy atom. The van der Waals surface area contributed by atoms with Gasteiger partial charge in [0, 0.05) is 12.8 Å². The number of esters is 1. The maximum atomic E-state index is 11.4. The summed E-state index contributed by atoms with van der Waals surface area (Å²) in [7, 11) is 0. The lowest BCUT2D eigenvalue weighted by Gasteiger charge is -2.21. The van der Waals surface area contributed by atoms with Crippen LogP contribution in [0.25, 0.3) is 0 Å². The van der Waals surface area contributed by atoms with Crippen molar-refractivity contribution in [3.8, 4) is 0 Å². The van der Waals surface area contributed by atoms with Crippen molar-refractivity contribution in [2.24, 2.45) is 0 Å². The van der Waals surface area contributed by atoms with Gasteiger partial charge in [-0.3, -0.25) is 4.79 Å². The zero-order chi connectivity index (χ0) is 13.2. The molecule has 0 aromatic heterocycles. The molecule has 0 radical (unpaired) electrons. The Bertz CT molecular complexity index is 336. The van der Waals surface area contributed by atoms with Crippen molar-refractivity contribution in [1.82, 2.24) is 0 Å². The van der Waals surface area contributed by atoms with Gasteiger partial charge in [0.15, 0.2) is 5.79 Å². The fourth-order valence-electron chi connectivity index (χ4n) is 2.73. The molecule has 2 rings (SSSR count). The Morgan fingerprint density at radius 2 is 2.06 bits per heavy atom. The van der Waals surface area contributed by atoms with Gasteiger partial charge in [-0.05, 0) is 26.7 Å². The molecule has 1 N–H and O–H groups in total. The van der Waals surface area contributed by atoms with Crippen LogP contribution in [0.1, 0.15) is 46.0 Å². The number of hydrogen-bond acceptors (Lipinski definition) is 5. The second-order valence-electron chi connectivity index (χ2n) is 4.99. The number of hydrogen-bond donors (Lipinski definition) is 1. The highest BCUT2D eigenvalue weighted by Gasteiger charge is 2.48. The molecule has 1 aliphatic carbocycles. The number of nitrogens with one attached hydrogen (secondary N) is 1. The Morgan fingerprint density at radius 3 is 2.67 bits per heavy atom. The van der Waals surface area contributed by atoms with Gasteiger partial charge in [-0.15, -0.1) is 0 Å². The first-order valence-corrected chi connectivity index (χ1v) is 6.65. The molecule has 5 heteroatoms. The molecule has 2 atom stereocenters. The van der Waals surface area contributed by atoms with E-state index in [0.29, 0.717) is 6.61 Å². The first-order valence-electron chi connectivity index (χ1n) is 6.65. The van der Waals surface area contributed by atoms with Crippen molar-refractivity contribution in [3.05, 3.63) is 0 Å². The molecule has 1 aliphatic heterocycles. The third kappa shape index (κ3) is 2.72. The largest absolute Gasteiger partial charge is 0.466 e. The van der Waals surface area contributed by atoms with Crippen LogP contribution in [0.2, 0.25) is 0 Å². The van der Waals surface area contributed by atoms with E-state index in [-0.39, 0.29) is 24.2 Å². The van der Waals surface area contributed by atoms with Crippen LogP contribution in [-0.2, 0) is 19.0 Å². The molecule has 0 unspecified atom stereocenters. The predicted molar refractivity (Wildman–Crippen MR) is 65.6 cm³/mol. The van der Waals surface area contributed by atoms with Gasteiger partial charge >= 0.3 is 5.97 Å². The second-order valence-corrected chi connectivity index (χ2v) is 4.99. The van der Waals surface area contributed by atoms with E-state index < -0.39 is 11.9 Å². The maximum absolute atomic E-state index is 11.4. The van der Waals surface area contributed by atoms with Crippen molar-refractivity contribution in [2.45, 2.75) is 63.9 Å². The van der Waals surface area contributed by atoms with E-state index in [9.17, 15) is 4.79 Å². The molecule has 0 aromatic rings. The summed E-state index contributed by atoms with van der Waals surface area (Å²) in [6.07, 6.45) is 3.40. The summed E-state index contributed by atoms with van der Waals surface area (Å²) in [6, 6.07) is 0. The van der Waals surface area contributed by atoms with Crippen LogP contribution in [0.5, 0.6) is 0 Å². The summed E-state index contributed by atoms with van der Waals surface area (Å²) in [5, 5.41) is 7.97. The molecule has 1 saturated carbocycles. The Balaban J connectivity index is 1.92. The minimum atomic E-state index is -0.495. The summed E-state index contributed by atoms with van der Waals surface area (Å²) in [4.78, 5) is 11.4. The molecule has 0 bridgehead atoms. The third-order valence-corrected chi connectivity index (χ3v) is 3.52. The van der Waals surface area contributed by atoms with Crippen molar-refractivity contribution in [1.29, 1.82) is 5.41 Å². The van der Waals surface area contributed by atoms with Crippen LogP contribution in [0.3, 0.4) is 0 Å². The molecular weight excluding hydrogens is 234 g/mol. The molecular formula is C13H21NO4. The van der Waals surface area contributed by atoms with E-state index in [1.807, 2.05) is 6.92 Å². The molecule has 1 saturated heterocycles. The Hall–Kier alpha value is -0.940. The molecule has 102 valence electrons. The third-order valence-electron chi connectivity index (χ3n) is 3.52. The van der Waals surface area contributed by atoms with Gasteiger partial charge in [0.2, 0.25) is 0 Å². The van der Waals surface area contributed by atoms with Gasteiger partial charge in [0.1, 0.15) is 6.10 Å². The lowest BCUT2D eigenvalue weighted by atomic mass is 10.1. The highest BCUT2D eigenvalue weighted by molar-refractivity contribution is 6.00. The van der Waals surface area contributed by atoms with Gasteiger partial charge < -0.3 is 19.6 Å². The highest BCUT2D eigenvalue weighted by atomic mass is 16.8. The summed E-state index contributed by atoms with van der Waals surface area (Å²) < 4.78 is 16.6. The molecule has 1 spiro atoms.